The van der Waals surface area contributed by atoms with Gasteiger partial charge in [0.05, 0.1) is 13.2 Å². The predicted octanol–water partition coefficient (Wildman–Crippen LogP) is 3.41. The third-order valence-corrected chi connectivity index (χ3v) is 4.12. The highest BCUT2D eigenvalue weighted by Gasteiger charge is 2.50. The summed E-state index contributed by atoms with van der Waals surface area (Å²) in [4.78, 5) is 14.2. The Kier molecular flexibility index (Phi) is 3.63. The maximum absolute atomic E-state index is 12.7. The summed E-state index contributed by atoms with van der Waals surface area (Å²) in [6, 6.07) is 18.8. The smallest absolute Gasteiger partial charge is 0.255 e. The Balaban J connectivity index is 2.16. The van der Waals surface area contributed by atoms with Gasteiger partial charge in [-0.15, -0.1) is 0 Å². The molecule has 0 radical (unpaired) electrons. The summed E-state index contributed by atoms with van der Waals surface area (Å²) in [5.41, 5.74) is 0.806. The van der Waals surface area contributed by atoms with Gasteiger partial charge < -0.3 is 4.74 Å². The lowest BCUT2D eigenvalue weighted by molar-refractivity contribution is -0.114. The van der Waals surface area contributed by atoms with Crippen LogP contribution in [0.4, 0.5) is 5.69 Å². The van der Waals surface area contributed by atoms with Crippen LogP contribution < -0.4 is 9.64 Å². The standard InChI is InChI=1S/C19H16N2O2/c1-14-12-19(13-20,15-6-4-3-5-7-15)21(18(14)22)16-8-10-17(23-2)11-9-16/h3-11H,1,12H2,2H3. The van der Waals surface area contributed by atoms with Crippen LogP contribution in [0.3, 0.4) is 0 Å². The van der Waals surface area contributed by atoms with Crippen molar-refractivity contribution in [1.29, 1.82) is 5.26 Å². The molecule has 0 aliphatic carbocycles. The Labute approximate surface area is 135 Å². The van der Waals surface area contributed by atoms with Crippen molar-refractivity contribution in [2.24, 2.45) is 0 Å². The number of methoxy groups -OCH3 is 1. The zero-order valence-electron chi connectivity index (χ0n) is 12.8. The third kappa shape index (κ3) is 2.27. The average Bonchev–Trinajstić information content (AvgIpc) is 2.87. The number of anilines is 1. The molecule has 1 atom stereocenters. The summed E-state index contributed by atoms with van der Waals surface area (Å²) in [7, 11) is 1.58. The molecule has 4 heteroatoms. The Morgan fingerprint density at radius 1 is 1.17 bits per heavy atom. The number of hydrogen-bond acceptors (Lipinski definition) is 3. The van der Waals surface area contributed by atoms with E-state index in [2.05, 4.69) is 12.6 Å². The molecule has 1 amide bonds. The van der Waals surface area contributed by atoms with Crippen molar-refractivity contribution in [3.63, 3.8) is 0 Å². The molecule has 1 aliphatic rings. The number of ether oxygens (including phenoxy) is 1. The first kappa shape index (κ1) is 14.9. The quantitative estimate of drug-likeness (QED) is 0.817. The van der Waals surface area contributed by atoms with Gasteiger partial charge in [0.15, 0.2) is 5.54 Å². The molecule has 114 valence electrons. The van der Waals surface area contributed by atoms with E-state index in [1.54, 1.807) is 31.4 Å². The molecule has 1 fully saturated rings. The van der Waals surface area contributed by atoms with Crippen LogP contribution in [0, 0.1) is 11.3 Å². The lowest BCUT2D eigenvalue weighted by Crippen LogP contribution is -2.42. The van der Waals surface area contributed by atoms with Crippen LogP contribution in [0.1, 0.15) is 12.0 Å². The summed E-state index contributed by atoms with van der Waals surface area (Å²) in [6.45, 7) is 3.85. The fourth-order valence-corrected chi connectivity index (χ4v) is 2.96. The number of rotatable bonds is 3. The van der Waals surface area contributed by atoms with Crippen molar-refractivity contribution in [3.05, 3.63) is 72.3 Å². The van der Waals surface area contributed by atoms with Gasteiger partial charge in [-0.3, -0.25) is 9.69 Å². The minimum absolute atomic E-state index is 0.222. The van der Waals surface area contributed by atoms with Crippen molar-refractivity contribution in [3.8, 4) is 11.8 Å². The van der Waals surface area contributed by atoms with Crippen molar-refractivity contribution in [2.45, 2.75) is 12.0 Å². The first-order valence-electron chi connectivity index (χ1n) is 7.25. The topological polar surface area (TPSA) is 53.3 Å². The number of nitrogens with zero attached hydrogens (tertiary/aromatic N) is 2. The van der Waals surface area contributed by atoms with Crippen molar-refractivity contribution in [2.75, 3.05) is 12.0 Å². The molecule has 1 heterocycles. The van der Waals surface area contributed by atoms with Gasteiger partial charge in [-0.2, -0.15) is 5.26 Å². The molecule has 2 aromatic rings. The van der Waals surface area contributed by atoms with Gasteiger partial charge in [-0.1, -0.05) is 36.9 Å². The maximum Gasteiger partial charge on any atom is 0.255 e. The number of hydrogen-bond donors (Lipinski definition) is 0. The molecular weight excluding hydrogens is 288 g/mol. The van der Waals surface area contributed by atoms with E-state index >= 15 is 0 Å². The number of carbonyl (C=O) groups excluding carboxylic acids is 1. The first-order valence-corrected chi connectivity index (χ1v) is 7.25. The highest BCUT2D eigenvalue weighted by atomic mass is 16.5. The fourth-order valence-electron chi connectivity index (χ4n) is 2.96. The van der Waals surface area contributed by atoms with E-state index in [0.717, 1.165) is 5.56 Å². The lowest BCUT2D eigenvalue weighted by Gasteiger charge is -2.32. The fraction of sp³-hybridized carbons (Fsp3) is 0.158. The molecule has 0 N–H and O–H groups in total. The maximum atomic E-state index is 12.7. The molecule has 1 saturated heterocycles. The van der Waals surface area contributed by atoms with Crippen LogP contribution in [0.25, 0.3) is 0 Å². The summed E-state index contributed by atoms with van der Waals surface area (Å²) >= 11 is 0. The van der Waals surface area contributed by atoms with E-state index in [0.29, 0.717) is 23.4 Å². The normalized spacial score (nSPS) is 20.4. The number of carbonyl (C=O) groups is 1. The highest BCUT2D eigenvalue weighted by Crippen LogP contribution is 2.44. The van der Waals surface area contributed by atoms with Gasteiger partial charge in [-0.05, 0) is 29.8 Å². The Bertz CT molecular complexity index is 790. The summed E-state index contributed by atoms with van der Waals surface area (Å²) in [5.74, 6) is 0.474. The van der Waals surface area contributed by atoms with E-state index in [-0.39, 0.29) is 5.91 Å². The number of nitriles is 1. The van der Waals surface area contributed by atoms with Gasteiger partial charge in [0.1, 0.15) is 5.75 Å². The zero-order valence-corrected chi connectivity index (χ0v) is 12.8. The monoisotopic (exact) mass is 304 g/mol. The van der Waals surface area contributed by atoms with Crippen molar-refractivity contribution in [1.82, 2.24) is 0 Å². The predicted molar refractivity (Wildman–Crippen MR) is 88.0 cm³/mol. The van der Waals surface area contributed by atoms with Crippen LogP contribution in [0.5, 0.6) is 5.75 Å². The molecular formula is C19H16N2O2. The largest absolute Gasteiger partial charge is 0.497 e. The van der Waals surface area contributed by atoms with Gasteiger partial charge in [0.2, 0.25) is 0 Å². The second-order valence-electron chi connectivity index (χ2n) is 5.46. The van der Waals surface area contributed by atoms with Gasteiger partial charge >= 0.3 is 0 Å². The first-order chi connectivity index (χ1) is 11.1. The Morgan fingerprint density at radius 2 is 1.83 bits per heavy atom. The van der Waals surface area contributed by atoms with Crippen molar-refractivity contribution >= 4 is 11.6 Å². The molecule has 0 bridgehead atoms. The van der Waals surface area contributed by atoms with Crippen LogP contribution in [0.2, 0.25) is 0 Å². The second-order valence-corrected chi connectivity index (χ2v) is 5.46. The third-order valence-electron chi connectivity index (χ3n) is 4.12. The van der Waals surface area contributed by atoms with Crippen LogP contribution >= 0.6 is 0 Å². The second kappa shape index (κ2) is 5.62. The molecule has 2 aromatic carbocycles. The zero-order chi connectivity index (χ0) is 16.4. The molecule has 1 aliphatic heterocycles. The van der Waals surface area contributed by atoms with Crippen molar-refractivity contribution < 1.29 is 9.53 Å². The highest BCUT2D eigenvalue weighted by molar-refractivity contribution is 6.10. The molecule has 23 heavy (non-hydrogen) atoms. The van der Waals surface area contributed by atoms with Crippen LogP contribution in [0.15, 0.2) is 66.7 Å². The summed E-state index contributed by atoms with van der Waals surface area (Å²) in [6.07, 6.45) is 0.290. The molecule has 4 nitrogen and oxygen atoms in total. The summed E-state index contributed by atoms with van der Waals surface area (Å²) < 4.78 is 5.16. The lowest BCUT2D eigenvalue weighted by atomic mass is 9.87. The molecule has 3 rings (SSSR count). The SMILES string of the molecule is C=C1CC(C#N)(c2ccccc2)N(c2ccc(OC)cc2)C1=O. The molecule has 0 spiro atoms. The van der Waals surface area contributed by atoms with Crippen LogP contribution in [-0.2, 0) is 10.3 Å². The van der Waals surface area contributed by atoms with E-state index in [4.69, 9.17) is 4.74 Å². The average molecular weight is 304 g/mol. The van der Waals surface area contributed by atoms with E-state index < -0.39 is 5.54 Å². The number of amides is 1. The Hall–Kier alpha value is -3.06. The van der Waals surface area contributed by atoms with E-state index in [9.17, 15) is 10.1 Å². The van der Waals surface area contributed by atoms with Gasteiger partial charge in [0.25, 0.3) is 5.91 Å². The molecule has 0 aromatic heterocycles. The summed E-state index contributed by atoms with van der Waals surface area (Å²) in [5, 5.41) is 9.93. The minimum Gasteiger partial charge on any atom is -0.497 e. The van der Waals surface area contributed by atoms with E-state index in [1.165, 1.54) is 4.90 Å². The van der Waals surface area contributed by atoms with Gasteiger partial charge in [-0.25, -0.2) is 0 Å². The number of benzene rings is 2. The van der Waals surface area contributed by atoms with E-state index in [1.807, 2.05) is 30.3 Å². The molecule has 0 saturated carbocycles. The Morgan fingerprint density at radius 3 is 2.39 bits per heavy atom. The van der Waals surface area contributed by atoms with Crippen LogP contribution in [-0.4, -0.2) is 13.0 Å². The minimum atomic E-state index is -1.07. The van der Waals surface area contributed by atoms with Gasteiger partial charge in [0, 0.05) is 17.7 Å². The molecule has 1 unspecified atom stereocenters.